The van der Waals surface area contributed by atoms with Gasteiger partial charge in [0.1, 0.15) is 7.11 Å². The second-order valence-electron chi connectivity index (χ2n) is 6.75. The van der Waals surface area contributed by atoms with Crippen LogP contribution in [0.1, 0.15) is 47.1 Å². The van der Waals surface area contributed by atoms with E-state index in [1.54, 1.807) is 6.21 Å². The lowest BCUT2D eigenvalue weighted by molar-refractivity contribution is 0.215. The lowest BCUT2D eigenvalue weighted by Gasteiger charge is -2.52. The molecule has 0 heterocycles. The van der Waals surface area contributed by atoms with Crippen molar-refractivity contribution < 1.29 is 8.72 Å². The predicted molar refractivity (Wildman–Crippen MR) is 87.5 cm³/mol. The molecule has 0 bridgehead atoms. The van der Waals surface area contributed by atoms with Crippen LogP contribution in [0, 0.1) is 0 Å². The SMILES string of the molecule is CO/N=C/c1ccc(S(F)(C(C)(C)C)C(C)(C)C)cc1. The standard InChI is InChI=1S/C16H26FNOS/c1-15(2,3)20(17,16(4,5)6)14-10-8-13(9-11-14)12-18-19-7/h8-12H,1-7H3/b18-12+. The van der Waals surface area contributed by atoms with Gasteiger partial charge in [0.2, 0.25) is 0 Å². The zero-order valence-corrected chi connectivity index (χ0v) is 14.3. The van der Waals surface area contributed by atoms with Gasteiger partial charge in [-0.1, -0.05) is 27.7 Å². The number of benzene rings is 1. The highest BCUT2D eigenvalue weighted by molar-refractivity contribution is 8.31. The van der Waals surface area contributed by atoms with Crippen LogP contribution in [0.4, 0.5) is 3.89 Å². The summed E-state index contributed by atoms with van der Waals surface area (Å²) < 4.78 is 15.1. The third kappa shape index (κ3) is 3.17. The first-order valence-electron chi connectivity index (χ1n) is 6.73. The Hall–Kier alpha value is -1.03. The van der Waals surface area contributed by atoms with Gasteiger partial charge in [0.05, 0.1) is 6.21 Å². The van der Waals surface area contributed by atoms with Crippen molar-refractivity contribution in [2.45, 2.75) is 55.9 Å². The smallest absolute Gasteiger partial charge is 0.106 e. The highest BCUT2D eigenvalue weighted by Crippen LogP contribution is 2.73. The van der Waals surface area contributed by atoms with Gasteiger partial charge in [0.25, 0.3) is 0 Å². The minimum atomic E-state index is -2.46. The van der Waals surface area contributed by atoms with Crippen molar-refractivity contribution in [2.75, 3.05) is 7.11 Å². The van der Waals surface area contributed by atoms with Crippen molar-refractivity contribution in [1.82, 2.24) is 0 Å². The molecule has 1 rings (SSSR count). The van der Waals surface area contributed by atoms with Crippen LogP contribution >= 0.6 is 10.4 Å². The van der Waals surface area contributed by atoms with E-state index in [1.165, 1.54) is 7.11 Å². The van der Waals surface area contributed by atoms with Gasteiger partial charge in [-0.15, -0.1) is 0 Å². The molecule has 0 unspecified atom stereocenters. The van der Waals surface area contributed by atoms with E-state index in [-0.39, 0.29) is 0 Å². The first-order chi connectivity index (χ1) is 9.04. The van der Waals surface area contributed by atoms with Crippen molar-refractivity contribution in [2.24, 2.45) is 5.16 Å². The van der Waals surface area contributed by atoms with E-state index in [4.69, 9.17) is 0 Å². The molecule has 0 aromatic heterocycles. The molecule has 0 spiro atoms. The average Bonchev–Trinajstić information content (AvgIpc) is 2.33. The maximum absolute atomic E-state index is 15.9. The zero-order valence-electron chi connectivity index (χ0n) is 13.5. The molecule has 1 aromatic rings. The number of hydrogen-bond acceptors (Lipinski definition) is 2. The van der Waals surface area contributed by atoms with Crippen LogP contribution < -0.4 is 0 Å². The molecule has 20 heavy (non-hydrogen) atoms. The summed E-state index contributed by atoms with van der Waals surface area (Å²) in [6.07, 6.45) is 1.62. The van der Waals surface area contributed by atoms with Gasteiger partial charge in [-0.2, -0.15) is 3.89 Å². The predicted octanol–water partition coefficient (Wildman–Crippen LogP) is 5.31. The fourth-order valence-corrected chi connectivity index (χ4v) is 6.24. The lowest BCUT2D eigenvalue weighted by atomic mass is 10.2. The van der Waals surface area contributed by atoms with E-state index < -0.39 is 19.9 Å². The number of nitrogens with zero attached hydrogens (tertiary/aromatic N) is 1. The van der Waals surface area contributed by atoms with Gasteiger partial charge < -0.3 is 4.84 Å². The Morgan fingerprint density at radius 2 is 1.45 bits per heavy atom. The van der Waals surface area contributed by atoms with Crippen molar-refractivity contribution >= 4 is 16.6 Å². The molecule has 114 valence electrons. The molecule has 0 fully saturated rings. The molecule has 0 radical (unpaired) electrons. The Morgan fingerprint density at radius 1 is 1.00 bits per heavy atom. The molecule has 0 aliphatic rings. The Labute approximate surface area is 124 Å². The number of hydrogen-bond donors (Lipinski definition) is 0. The Morgan fingerprint density at radius 3 is 1.80 bits per heavy atom. The van der Waals surface area contributed by atoms with Gasteiger partial charge in [-0.3, -0.25) is 0 Å². The average molecular weight is 299 g/mol. The normalized spacial score (nSPS) is 14.6. The molecule has 0 aliphatic carbocycles. The van der Waals surface area contributed by atoms with Crippen LogP contribution in [0.25, 0.3) is 0 Å². The highest BCUT2D eigenvalue weighted by Gasteiger charge is 2.47. The minimum Gasteiger partial charge on any atom is -0.399 e. The van der Waals surface area contributed by atoms with Crippen molar-refractivity contribution in [3.05, 3.63) is 29.8 Å². The van der Waals surface area contributed by atoms with E-state index in [2.05, 4.69) is 9.99 Å². The van der Waals surface area contributed by atoms with E-state index in [0.29, 0.717) is 0 Å². The zero-order chi connectivity index (χ0) is 15.6. The highest BCUT2D eigenvalue weighted by atomic mass is 32.3. The molecule has 2 nitrogen and oxygen atoms in total. The summed E-state index contributed by atoms with van der Waals surface area (Å²) in [6, 6.07) is 7.53. The maximum Gasteiger partial charge on any atom is 0.106 e. The van der Waals surface area contributed by atoms with Crippen molar-refractivity contribution in [3.63, 3.8) is 0 Å². The molecular weight excluding hydrogens is 273 g/mol. The topological polar surface area (TPSA) is 21.6 Å². The largest absolute Gasteiger partial charge is 0.399 e. The molecule has 0 saturated carbocycles. The van der Waals surface area contributed by atoms with Crippen LogP contribution in [0.15, 0.2) is 34.3 Å². The van der Waals surface area contributed by atoms with Gasteiger partial charge >= 0.3 is 0 Å². The van der Waals surface area contributed by atoms with E-state index in [9.17, 15) is 0 Å². The van der Waals surface area contributed by atoms with Crippen molar-refractivity contribution in [1.29, 1.82) is 0 Å². The Kier molecular flexibility index (Phi) is 4.90. The first-order valence-corrected chi connectivity index (χ1v) is 8.26. The third-order valence-corrected chi connectivity index (χ3v) is 7.50. The lowest BCUT2D eigenvalue weighted by Crippen LogP contribution is -2.35. The summed E-state index contributed by atoms with van der Waals surface area (Å²) in [4.78, 5) is 5.44. The molecule has 0 atom stereocenters. The molecule has 4 heteroatoms. The first kappa shape index (κ1) is 17.0. The van der Waals surface area contributed by atoms with Gasteiger partial charge in [-0.25, -0.2) is 0 Å². The molecular formula is C16H26FNOS. The quantitative estimate of drug-likeness (QED) is 0.547. The van der Waals surface area contributed by atoms with E-state index in [0.717, 1.165) is 10.5 Å². The van der Waals surface area contributed by atoms with Gasteiger partial charge in [0, 0.05) is 14.4 Å². The van der Waals surface area contributed by atoms with Gasteiger partial charge in [0.15, 0.2) is 0 Å². The summed E-state index contributed by atoms with van der Waals surface area (Å²) in [5.74, 6) is 0. The number of oxime groups is 1. The van der Waals surface area contributed by atoms with Crippen LogP contribution in [-0.2, 0) is 4.84 Å². The second-order valence-corrected chi connectivity index (χ2v) is 10.7. The summed E-state index contributed by atoms with van der Waals surface area (Å²) in [5, 5.41) is 3.72. The summed E-state index contributed by atoms with van der Waals surface area (Å²) in [6.45, 7) is 11.9. The van der Waals surface area contributed by atoms with Crippen LogP contribution in [0.3, 0.4) is 0 Å². The fraction of sp³-hybridized carbons (Fsp3) is 0.562. The molecule has 0 saturated heterocycles. The fourth-order valence-electron chi connectivity index (χ4n) is 2.48. The molecule has 0 amide bonds. The van der Waals surface area contributed by atoms with E-state index >= 15 is 3.89 Å². The van der Waals surface area contributed by atoms with E-state index in [1.807, 2.05) is 65.8 Å². The monoisotopic (exact) mass is 299 g/mol. The maximum atomic E-state index is 15.9. The third-order valence-electron chi connectivity index (χ3n) is 3.20. The summed E-state index contributed by atoms with van der Waals surface area (Å²) >= 11 is 0. The molecule has 0 aliphatic heterocycles. The Bertz CT molecular complexity index is 455. The minimum absolute atomic E-state index is 0.409. The van der Waals surface area contributed by atoms with Crippen LogP contribution in [0.5, 0.6) is 0 Å². The number of halogens is 1. The van der Waals surface area contributed by atoms with Crippen LogP contribution in [-0.4, -0.2) is 22.8 Å². The summed E-state index contributed by atoms with van der Waals surface area (Å²) in [5.41, 5.74) is 0.903. The van der Waals surface area contributed by atoms with Gasteiger partial charge in [-0.05, 0) is 59.2 Å². The van der Waals surface area contributed by atoms with Crippen molar-refractivity contribution in [3.8, 4) is 0 Å². The second kappa shape index (κ2) is 5.76. The summed E-state index contributed by atoms with van der Waals surface area (Å²) in [7, 11) is -0.962. The molecule has 1 aromatic carbocycles. The Balaban J connectivity index is 3.28. The number of rotatable bonds is 3. The molecule has 0 N–H and O–H groups in total. The van der Waals surface area contributed by atoms with Crippen LogP contribution in [0.2, 0.25) is 0 Å².